The van der Waals surface area contributed by atoms with E-state index in [1.54, 1.807) is 0 Å². The third kappa shape index (κ3) is 1.74. The quantitative estimate of drug-likeness (QED) is 0.824. The summed E-state index contributed by atoms with van der Waals surface area (Å²) in [6.45, 7) is 4.41. The molecule has 0 aromatic carbocycles. The Morgan fingerprint density at radius 2 is 2.25 bits per heavy atom. The van der Waals surface area contributed by atoms with E-state index < -0.39 is 0 Å². The van der Waals surface area contributed by atoms with Crippen molar-refractivity contribution in [3.05, 3.63) is 18.6 Å². The first-order valence-electron chi connectivity index (χ1n) is 5.49. The lowest BCUT2D eigenvalue weighted by Gasteiger charge is -2.21. The summed E-state index contributed by atoms with van der Waals surface area (Å²) >= 11 is 0. The highest BCUT2D eigenvalue weighted by atomic mass is 15.2. The van der Waals surface area contributed by atoms with Crippen LogP contribution < -0.4 is 10.6 Å². The molecule has 0 aliphatic heterocycles. The first kappa shape index (κ1) is 10.9. The minimum atomic E-state index is 0.624. The van der Waals surface area contributed by atoms with Gasteiger partial charge >= 0.3 is 0 Å². The fourth-order valence-corrected chi connectivity index (χ4v) is 1.85. The molecule has 0 fully saturated rings. The Morgan fingerprint density at radius 1 is 1.44 bits per heavy atom. The van der Waals surface area contributed by atoms with Gasteiger partial charge in [-0.15, -0.1) is 0 Å². The SMILES string of the molecule is CCN(CCN)c1nccc2c1ncn2C. The summed E-state index contributed by atoms with van der Waals surface area (Å²) in [7, 11) is 1.98. The maximum Gasteiger partial charge on any atom is 0.156 e. The molecule has 0 atom stereocenters. The number of aryl methyl sites for hydroxylation is 1. The van der Waals surface area contributed by atoms with Crippen molar-refractivity contribution in [2.24, 2.45) is 12.8 Å². The van der Waals surface area contributed by atoms with Crippen LogP contribution in [-0.4, -0.2) is 34.2 Å². The van der Waals surface area contributed by atoms with E-state index in [9.17, 15) is 0 Å². The Labute approximate surface area is 94.9 Å². The maximum atomic E-state index is 5.60. The third-order valence-electron chi connectivity index (χ3n) is 2.70. The van der Waals surface area contributed by atoms with Gasteiger partial charge in [0.25, 0.3) is 0 Å². The second kappa shape index (κ2) is 4.49. The molecular weight excluding hydrogens is 202 g/mol. The van der Waals surface area contributed by atoms with Gasteiger partial charge in [0.05, 0.1) is 11.8 Å². The monoisotopic (exact) mass is 219 g/mol. The van der Waals surface area contributed by atoms with Crippen LogP contribution in [0.5, 0.6) is 0 Å². The minimum Gasteiger partial charge on any atom is -0.354 e. The number of imidazole rings is 1. The molecule has 16 heavy (non-hydrogen) atoms. The molecule has 0 saturated carbocycles. The number of aromatic nitrogens is 3. The highest BCUT2D eigenvalue weighted by Crippen LogP contribution is 2.21. The van der Waals surface area contributed by atoms with E-state index in [4.69, 9.17) is 5.73 Å². The van der Waals surface area contributed by atoms with Crippen LogP contribution >= 0.6 is 0 Å². The van der Waals surface area contributed by atoms with Crippen LogP contribution in [0.3, 0.4) is 0 Å². The van der Waals surface area contributed by atoms with Gasteiger partial charge in [0, 0.05) is 32.9 Å². The number of pyridine rings is 1. The molecule has 86 valence electrons. The van der Waals surface area contributed by atoms with Gasteiger partial charge in [-0.2, -0.15) is 0 Å². The predicted molar refractivity (Wildman–Crippen MR) is 65.5 cm³/mol. The summed E-state index contributed by atoms with van der Waals surface area (Å²) in [6.07, 6.45) is 3.63. The van der Waals surface area contributed by atoms with Crippen molar-refractivity contribution in [1.82, 2.24) is 14.5 Å². The second-order valence-corrected chi connectivity index (χ2v) is 3.73. The molecule has 0 radical (unpaired) electrons. The van der Waals surface area contributed by atoms with Crippen molar-refractivity contribution in [2.75, 3.05) is 24.5 Å². The van der Waals surface area contributed by atoms with E-state index in [0.717, 1.165) is 29.9 Å². The molecule has 0 aliphatic rings. The van der Waals surface area contributed by atoms with Gasteiger partial charge in [-0.1, -0.05) is 0 Å². The predicted octanol–water partition coefficient (Wildman–Crippen LogP) is 0.753. The maximum absolute atomic E-state index is 5.60. The van der Waals surface area contributed by atoms with Gasteiger partial charge in [0.1, 0.15) is 5.52 Å². The van der Waals surface area contributed by atoms with Gasteiger partial charge in [0.15, 0.2) is 5.82 Å². The fraction of sp³-hybridized carbons (Fsp3) is 0.455. The molecule has 2 heterocycles. The summed E-state index contributed by atoms with van der Waals surface area (Å²) < 4.78 is 2.00. The number of fused-ring (bicyclic) bond motifs is 1. The molecule has 2 aromatic rings. The standard InChI is InChI=1S/C11H17N5/c1-3-16(7-5-12)11-10-9(4-6-13-11)15(2)8-14-10/h4,6,8H,3,5,7,12H2,1-2H3. The zero-order valence-electron chi connectivity index (χ0n) is 9.72. The Kier molecular flexibility index (Phi) is 3.05. The lowest BCUT2D eigenvalue weighted by Crippen LogP contribution is -2.30. The molecule has 5 heteroatoms. The Morgan fingerprint density at radius 3 is 2.94 bits per heavy atom. The van der Waals surface area contributed by atoms with Crippen LogP contribution in [0.15, 0.2) is 18.6 Å². The molecule has 2 aromatic heterocycles. The molecule has 0 aliphatic carbocycles. The van der Waals surface area contributed by atoms with Gasteiger partial charge in [-0.25, -0.2) is 9.97 Å². The van der Waals surface area contributed by atoms with Crippen molar-refractivity contribution < 1.29 is 0 Å². The molecule has 2 N–H and O–H groups in total. The molecule has 0 bridgehead atoms. The van der Waals surface area contributed by atoms with Crippen molar-refractivity contribution in [1.29, 1.82) is 0 Å². The fourth-order valence-electron chi connectivity index (χ4n) is 1.85. The van der Waals surface area contributed by atoms with Crippen molar-refractivity contribution >= 4 is 16.9 Å². The number of nitrogens with zero attached hydrogens (tertiary/aromatic N) is 4. The van der Waals surface area contributed by atoms with Gasteiger partial charge in [-0.3, -0.25) is 0 Å². The summed E-state index contributed by atoms with van der Waals surface area (Å²) in [5, 5.41) is 0. The minimum absolute atomic E-state index is 0.624. The van der Waals surface area contributed by atoms with Crippen molar-refractivity contribution in [3.63, 3.8) is 0 Å². The summed E-state index contributed by atoms with van der Waals surface area (Å²) in [6, 6.07) is 1.97. The molecule has 0 saturated heterocycles. The van der Waals surface area contributed by atoms with Crippen LogP contribution in [-0.2, 0) is 7.05 Å². The smallest absolute Gasteiger partial charge is 0.156 e. The molecule has 0 unspecified atom stereocenters. The zero-order valence-corrected chi connectivity index (χ0v) is 9.72. The van der Waals surface area contributed by atoms with Crippen LogP contribution in [0.2, 0.25) is 0 Å². The Balaban J connectivity index is 2.50. The molecule has 5 nitrogen and oxygen atoms in total. The third-order valence-corrected chi connectivity index (χ3v) is 2.70. The first-order chi connectivity index (χ1) is 7.77. The molecule has 0 amide bonds. The van der Waals surface area contributed by atoms with Crippen molar-refractivity contribution in [3.8, 4) is 0 Å². The topological polar surface area (TPSA) is 60.0 Å². The summed E-state index contributed by atoms with van der Waals surface area (Å²) in [4.78, 5) is 10.9. The largest absolute Gasteiger partial charge is 0.354 e. The van der Waals surface area contributed by atoms with Crippen LogP contribution in [0, 0.1) is 0 Å². The van der Waals surface area contributed by atoms with E-state index in [2.05, 4.69) is 21.8 Å². The Bertz CT molecular complexity index is 476. The van der Waals surface area contributed by atoms with Gasteiger partial charge in [0.2, 0.25) is 0 Å². The van der Waals surface area contributed by atoms with Gasteiger partial charge < -0.3 is 15.2 Å². The average molecular weight is 219 g/mol. The first-order valence-corrected chi connectivity index (χ1v) is 5.49. The van der Waals surface area contributed by atoms with Crippen LogP contribution in [0.4, 0.5) is 5.82 Å². The van der Waals surface area contributed by atoms with E-state index in [-0.39, 0.29) is 0 Å². The highest BCUT2D eigenvalue weighted by Gasteiger charge is 2.11. The van der Waals surface area contributed by atoms with Crippen LogP contribution in [0.1, 0.15) is 6.92 Å². The number of hydrogen-bond acceptors (Lipinski definition) is 4. The zero-order chi connectivity index (χ0) is 11.5. The van der Waals surface area contributed by atoms with E-state index in [1.807, 2.05) is 30.2 Å². The molecule has 0 spiro atoms. The van der Waals surface area contributed by atoms with E-state index in [0.29, 0.717) is 6.54 Å². The average Bonchev–Trinajstić information content (AvgIpc) is 2.68. The second-order valence-electron chi connectivity index (χ2n) is 3.73. The number of nitrogens with two attached hydrogens (primary N) is 1. The Hall–Kier alpha value is -1.62. The molecular formula is C11H17N5. The summed E-state index contributed by atoms with van der Waals surface area (Å²) in [5.74, 6) is 0.922. The summed E-state index contributed by atoms with van der Waals surface area (Å²) in [5.41, 5.74) is 7.64. The number of hydrogen-bond donors (Lipinski definition) is 1. The lowest BCUT2D eigenvalue weighted by atomic mass is 10.3. The number of likely N-dealkylation sites (N-methyl/N-ethyl adjacent to an activating group) is 1. The molecule has 2 rings (SSSR count). The van der Waals surface area contributed by atoms with Crippen LogP contribution in [0.25, 0.3) is 11.0 Å². The van der Waals surface area contributed by atoms with E-state index >= 15 is 0 Å². The van der Waals surface area contributed by atoms with E-state index in [1.165, 1.54) is 0 Å². The lowest BCUT2D eigenvalue weighted by molar-refractivity contribution is 0.805. The number of rotatable bonds is 4. The van der Waals surface area contributed by atoms with Crippen molar-refractivity contribution in [2.45, 2.75) is 6.92 Å². The van der Waals surface area contributed by atoms with Gasteiger partial charge in [-0.05, 0) is 13.0 Å². The number of anilines is 1. The highest BCUT2D eigenvalue weighted by molar-refractivity contribution is 5.86. The normalized spacial score (nSPS) is 10.9.